The molecular weight excluding hydrogens is 291 g/mol. The Morgan fingerprint density at radius 3 is 2.39 bits per heavy atom. The van der Waals surface area contributed by atoms with Gasteiger partial charge >= 0.3 is 0 Å². The summed E-state index contributed by atoms with van der Waals surface area (Å²) in [4.78, 5) is 0. The van der Waals surface area contributed by atoms with Gasteiger partial charge in [0.2, 0.25) is 0 Å². The van der Waals surface area contributed by atoms with Crippen LogP contribution in [0.5, 0.6) is 5.75 Å². The van der Waals surface area contributed by atoms with E-state index >= 15 is 0 Å². The summed E-state index contributed by atoms with van der Waals surface area (Å²) in [7, 11) is 0. The summed E-state index contributed by atoms with van der Waals surface area (Å²) in [5, 5.41) is 9.34. The van der Waals surface area contributed by atoms with Gasteiger partial charge in [-0.25, -0.2) is 4.39 Å². The van der Waals surface area contributed by atoms with Crippen molar-refractivity contribution in [3.05, 3.63) is 89.7 Å². The minimum Gasteiger partial charge on any atom is -0.488 e. The highest BCUT2D eigenvalue weighted by molar-refractivity contribution is 5.71. The molecule has 0 saturated heterocycles. The molecule has 0 aliphatic rings. The fourth-order valence-corrected chi connectivity index (χ4v) is 2.41. The van der Waals surface area contributed by atoms with Crippen LogP contribution in [0.4, 0.5) is 4.39 Å². The Morgan fingerprint density at radius 2 is 1.65 bits per heavy atom. The third kappa shape index (κ3) is 3.76. The first kappa shape index (κ1) is 15.3. The molecule has 0 heterocycles. The van der Waals surface area contributed by atoms with Gasteiger partial charge in [0.05, 0.1) is 6.61 Å². The van der Waals surface area contributed by atoms with E-state index in [4.69, 9.17) is 4.74 Å². The van der Waals surface area contributed by atoms with Gasteiger partial charge in [-0.2, -0.15) is 0 Å². The zero-order valence-corrected chi connectivity index (χ0v) is 12.6. The second-order valence-corrected chi connectivity index (χ2v) is 5.27. The van der Waals surface area contributed by atoms with Crippen LogP contribution in [0.3, 0.4) is 0 Å². The summed E-state index contributed by atoms with van der Waals surface area (Å²) in [5.74, 6) is 0.341. The van der Waals surface area contributed by atoms with Crippen molar-refractivity contribution in [1.29, 1.82) is 0 Å². The van der Waals surface area contributed by atoms with E-state index in [0.717, 1.165) is 22.3 Å². The number of hydrogen-bond donors (Lipinski definition) is 1. The van der Waals surface area contributed by atoms with Gasteiger partial charge in [0, 0.05) is 5.56 Å². The Kier molecular flexibility index (Phi) is 4.69. The molecule has 116 valence electrons. The minimum absolute atomic E-state index is 0.0644. The van der Waals surface area contributed by atoms with Crippen molar-refractivity contribution in [2.45, 2.75) is 13.2 Å². The van der Waals surface area contributed by atoms with Gasteiger partial charge in [0.15, 0.2) is 0 Å². The number of hydrogen-bond acceptors (Lipinski definition) is 2. The normalized spacial score (nSPS) is 10.5. The lowest BCUT2D eigenvalue weighted by molar-refractivity contribution is 0.278. The third-order valence-corrected chi connectivity index (χ3v) is 3.60. The van der Waals surface area contributed by atoms with Gasteiger partial charge in [-0.1, -0.05) is 54.6 Å². The van der Waals surface area contributed by atoms with Crippen molar-refractivity contribution >= 4 is 0 Å². The zero-order valence-electron chi connectivity index (χ0n) is 12.6. The lowest BCUT2D eigenvalue weighted by Gasteiger charge is -2.13. The smallest absolute Gasteiger partial charge is 0.127 e. The molecule has 0 amide bonds. The van der Waals surface area contributed by atoms with E-state index in [0.29, 0.717) is 12.4 Å². The summed E-state index contributed by atoms with van der Waals surface area (Å²) in [6.07, 6.45) is 0. The van der Waals surface area contributed by atoms with E-state index in [1.165, 1.54) is 12.1 Å². The van der Waals surface area contributed by atoms with Crippen LogP contribution in [-0.4, -0.2) is 5.11 Å². The molecule has 3 aromatic rings. The number of halogens is 1. The van der Waals surface area contributed by atoms with E-state index in [-0.39, 0.29) is 12.4 Å². The van der Waals surface area contributed by atoms with E-state index in [1.807, 2.05) is 48.5 Å². The Labute approximate surface area is 134 Å². The van der Waals surface area contributed by atoms with Crippen LogP contribution in [-0.2, 0) is 13.2 Å². The zero-order chi connectivity index (χ0) is 16.1. The quantitative estimate of drug-likeness (QED) is 0.748. The van der Waals surface area contributed by atoms with Crippen molar-refractivity contribution in [2.24, 2.45) is 0 Å². The molecule has 3 aromatic carbocycles. The molecule has 0 bridgehead atoms. The molecular formula is C20H17FO2. The second kappa shape index (κ2) is 7.07. The molecule has 0 spiro atoms. The minimum atomic E-state index is -0.289. The average Bonchev–Trinajstić information content (AvgIpc) is 2.60. The van der Waals surface area contributed by atoms with Crippen LogP contribution >= 0.6 is 0 Å². The van der Waals surface area contributed by atoms with Gasteiger partial charge in [0.25, 0.3) is 0 Å². The van der Waals surface area contributed by atoms with Crippen molar-refractivity contribution in [3.8, 4) is 16.9 Å². The largest absolute Gasteiger partial charge is 0.488 e. The molecule has 3 heteroatoms. The first-order valence-electron chi connectivity index (χ1n) is 7.43. The molecule has 0 aliphatic heterocycles. The third-order valence-electron chi connectivity index (χ3n) is 3.60. The molecule has 3 rings (SSSR count). The molecule has 1 N–H and O–H groups in total. The second-order valence-electron chi connectivity index (χ2n) is 5.27. The van der Waals surface area contributed by atoms with Gasteiger partial charge in [0.1, 0.15) is 18.2 Å². The molecule has 0 aromatic heterocycles. The summed E-state index contributed by atoms with van der Waals surface area (Å²) in [6, 6.07) is 21.7. The molecule has 0 atom stereocenters. The van der Waals surface area contributed by atoms with Crippen molar-refractivity contribution < 1.29 is 14.2 Å². The topological polar surface area (TPSA) is 29.5 Å². The molecule has 23 heavy (non-hydrogen) atoms. The van der Waals surface area contributed by atoms with E-state index in [2.05, 4.69) is 0 Å². The van der Waals surface area contributed by atoms with Crippen LogP contribution in [0.2, 0.25) is 0 Å². The average molecular weight is 308 g/mol. The molecule has 0 aliphatic carbocycles. The monoisotopic (exact) mass is 308 g/mol. The van der Waals surface area contributed by atoms with Crippen molar-refractivity contribution in [1.82, 2.24) is 0 Å². The summed E-state index contributed by atoms with van der Waals surface area (Å²) < 4.78 is 19.4. The summed E-state index contributed by atoms with van der Waals surface area (Å²) in [5.41, 5.74) is 3.36. The van der Waals surface area contributed by atoms with E-state index in [9.17, 15) is 9.50 Å². The maximum absolute atomic E-state index is 13.5. The molecule has 0 unspecified atom stereocenters. The number of rotatable bonds is 5. The van der Waals surface area contributed by atoms with Gasteiger partial charge in [-0.3, -0.25) is 0 Å². The number of ether oxygens (including phenoxy) is 1. The number of aliphatic hydroxyl groups is 1. The predicted octanol–water partition coefficient (Wildman–Crippen LogP) is 4.56. The van der Waals surface area contributed by atoms with Crippen molar-refractivity contribution in [3.63, 3.8) is 0 Å². The SMILES string of the molecule is OCc1ccc(-c2cccc(F)c2)c(OCc2ccccc2)c1. The lowest BCUT2D eigenvalue weighted by Crippen LogP contribution is -1.98. The molecule has 0 saturated carbocycles. The standard InChI is InChI=1S/C20H17FO2/c21-18-8-4-7-17(12-18)19-10-9-16(13-22)11-20(19)23-14-15-5-2-1-3-6-15/h1-12,22H,13-14H2. The Balaban J connectivity index is 1.93. The molecule has 0 radical (unpaired) electrons. The Morgan fingerprint density at radius 1 is 0.826 bits per heavy atom. The van der Waals surface area contributed by atoms with Crippen LogP contribution in [0.15, 0.2) is 72.8 Å². The lowest BCUT2D eigenvalue weighted by atomic mass is 10.0. The van der Waals surface area contributed by atoms with Gasteiger partial charge in [-0.15, -0.1) is 0 Å². The van der Waals surface area contributed by atoms with Gasteiger partial charge in [-0.05, 0) is 34.9 Å². The fourth-order valence-electron chi connectivity index (χ4n) is 2.41. The summed E-state index contributed by atoms with van der Waals surface area (Å²) in [6.45, 7) is 0.350. The Bertz CT molecular complexity index is 785. The highest BCUT2D eigenvalue weighted by Crippen LogP contribution is 2.32. The first-order valence-corrected chi connectivity index (χ1v) is 7.43. The number of aliphatic hydroxyl groups excluding tert-OH is 1. The Hall–Kier alpha value is -2.65. The summed E-state index contributed by atoms with van der Waals surface area (Å²) >= 11 is 0. The maximum Gasteiger partial charge on any atom is 0.127 e. The van der Waals surface area contributed by atoms with Crippen molar-refractivity contribution in [2.75, 3.05) is 0 Å². The van der Waals surface area contributed by atoms with Crippen LogP contribution in [0, 0.1) is 5.82 Å². The van der Waals surface area contributed by atoms with Gasteiger partial charge < -0.3 is 9.84 Å². The highest BCUT2D eigenvalue weighted by Gasteiger charge is 2.09. The first-order chi connectivity index (χ1) is 11.3. The highest BCUT2D eigenvalue weighted by atomic mass is 19.1. The maximum atomic E-state index is 13.5. The molecule has 2 nitrogen and oxygen atoms in total. The van der Waals surface area contributed by atoms with Crippen LogP contribution < -0.4 is 4.74 Å². The predicted molar refractivity (Wildman–Crippen MR) is 88.5 cm³/mol. The molecule has 0 fully saturated rings. The van der Waals surface area contributed by atoms with Crippen LogP contribution in [0.25, 0.3) is 11.1 Å². The van der Waals surface area contributed by atoms with Crippen LogP contribution in [0.1, 0.15) is 11.1 Å². The fraction of sp³-hybridized carbons (Fsp3) is 0.100. The van der Waals surface area contributed by atoms with E-state index < -0.39 is 0 Å². The number of benzene rings is 3. The van der Waals surface area contributed by atoms with E-state index in [1.54, 1.807) is 12.1 Å².